The highest BCUT2D eigenvalue weighted by Gasteiger charge is 2.22. The fraction of sp³-hybridized carbons (Fsp3) is 0.273. The van der Waals surface area contributed by atoms with E-state index < -0.39 is 11.7 Å². The summed E-state index contributed by atoms with van der Waals surface area (Å²) in [7, 11) is 0. The highest BCUT2D eigenvalue weighted by atomic mass is 19.1. The number of halogens is 1. The molecule has 146 valence electrons. The number of nitrogens with one attached hydrogen (secondary N) is 1. The summed E-state index contributed by atoms with van der Waals surface area (Å²) < 4.78 is 13.6. The lowest BCUT2D eigenvalue weighted by Crippen LogP contribution is -2.49. The molecule has 6 heteroatoms. The zero-order valence-corrected chi connectivity index (χ0v) is 15.7. The van der Waals surface area contributed by atoms with Gasteiger partial charge in [0.05, 0.1) is 5.69 Å². The minimum Gasteiger partial charge on any atom is -0.340 e. The molecule has 0 radical (unpaired) electrons. The summed E-state index contributed by atoms with van der Waals surface area (Å²) >= 11 is 0. The van der Waals surface area contributed by atoms with Crippen LogP contribution in [0.25, 0.3) is 6.08 Å². The number of para-hydroxylation sites is 1. The van der Waals surface area contributed by atoms with Gasteiger partial charge in [0.15, 0.2) is 0 Å². The lowest BCUT2D eigenvalue weighted by Gasteiger charge is -2.34. The topological polar surface area (TPSA) is 52.7 Å². The van der Waals surface area contributed by atoms with Crippen LogP contribution in [0.15, 0.2) is 60.7 Å². The lowest BCUT2D eigenvalue weighted by atomic mass is 10.2. The monoisotopic (exact) mass is 381 g/mol. The van der Waals surface area contributed by atoms with E-state index in [0.717, 1.165) is 25.2 Å². The summed E-state index contributed by atoms with van der Waals surface area (Å²) in [5.74, 6) is -1.24. The normalized spacial score (nSPS) is 15.0. The molecular formula is C22H24FN3O2. The van der Waals surface area contributed by atoms with Crippen LogP contribution in [0.1, 0.15) is 12.0 Å². The molecule has 0 atom stereocenters. The summed E-state index contributed by atoms with van der Waals surface area (Å²) in [6.07, 6.45) is 3.93. The van der Waals surface area contributed by atoms with Crippen molar-refractivity contribution < 1.29 is 14.0 Å². The van der Waals surface area contributed by atoms with Crippen molar-refractivity contribution in [2.75, 3.05) is 38.0 Å². The Balaban J connectivity index is 1.40. The number of hydrogen-bond donors (Lipinski definition) is 1. The highest BCUT2D eigenvalue weighted by molar-refractivity contribution is 6.03. The molecule has 1 aliphatic heterocycles. The number of amides is 2. The van der Waals surface area contributed by atoms with E-state index in [4.69, 9.17) is 0 Å². The Hall–Kier alpha value is -2.99. The second-order valence-electron chi connectivity index (χ2n) is 6.70. The average molecular weight is 381 g/mol. The van der Waals surface area contributed by atoms with Crippen molar-refractivity contribution in [2.24, 2.45) is 0 Å². The molecule has 0 bridgehead atoms. The van der Waals surface area contributed by atoms with Gasteiger partial charge in [-0.2, -0.15) is 0 Å². The van der Waals surface area contributed by atoms with Crippen LogP contribution >= 0.6 is 0 Å². The predicted octanol–water partition coefficient (Wildman–Crippen LogP) is 3.01. The van der Waals surface area contributed by atoms with Crippen molar-refractivity contribution in [3.63, 3.8) is 0 Å². The first-order valence-corrected chi connectivity index (χ1v) is 9.38. The molecule has 0 unspecified atom stereocenters. The zero-order valence-electron chi connectivity index (χ0n) is 15.7. The van der Waals surface area contributed by atoms with E-state index in [9.17, 15) is 14.0 Å². The van der Waals surface area contributed by atoms with E-state index in [2.05, 4.69) is 34.5 Å². The number of carbonyl (C=O) groups is 2. The lowest BCUT2D eigenvalue weighted by molar-refractivity contribution is -0.136. The Bertz CT molecular complexity index is 831. The van der Waals surface area contributed by atoms with Gasteiger partial charge in [0, 0.05) is 32.7 Å². The van der Waals surface area contributed by atoms with Gasteiger partial charge in [0.1, 0.15) is 12.2 Å². The van der Waals surface area contributed by atoms with Crippen LogP contribution in [0.2, 0.25) is 0 Å². The molecule has 1 N–H and O–H groups in total. The summed E-state index contributed by atoms with van der Waals surface area (Å²) in [5.41, 5.74) is 1.26. The standard InChI is InChI=1S/C22H24FN3O2/c23-19-10-4-5-11-20(19)24-21(27)17-22(28)26-15-13-25(14-16-26)12-6-9-18-7-2-1-3-8-18/h1-11H,12-17H2,(H,24,27)/b9-6+. The minimum absolute atomic E-state index is 0.0929. The summed E-state index contributed by atoms with van der Waals surface area (Å²) in [4.78, 5) is 28.3. The van der Waals surface area contributed by atoms with E-state index in [-0.39, 0.29) is 18.0 Å². The molecular weight excluding hydrogens is 357 g/mol. The highest BCUT2D eigenvalue weighted by Crippen LogP contribution is 2.13. The van der Waals surface area contributed by atoms with Crippen molar-refractivity contribution in [1.82, 2.24) is 9.80 Å². The van der Waals surface area contributed by atoms with Gasteiger partial charge in [-0.1, -0.05) is 54.6 Å². The molecule has 2 aromatic carbocycles. The van der Waals surface area contributed by atoms with Crippen LogP contribution in [0.3, 0.4) is 0 Å². The van der Waals surface area contributed by atoms with Gasteiger partial charge in [-0.3, -0.25) is 14.5 Å². The molecule has 2 aromatic rings. The average Bonchev–Trinajstić information content (AvgIpc) is 2.71. The first-order chi connectivity index (χ1) is 13.6. The molecule has 2 amide bonds. The van der Waals surface area contributed by atoms with Crippen molar-refractivity contribution >= 4 is 23.6 Å². The summed E-state index contributed by atoms with van der Waals surface area (Å²) in [6, 6.07) is 16.0. The Morgan fingerprint density at radius 1 is 0.964 bits per heavy atom. The largest absolute Gasteiger partial charge is 0.340 e. The summed E-state index contributed by atoms with van der Waals surface area (Å²) in [5, 5.41) is 2.45. The third kappa shape index (κ3) is 5.76. The Morgan fingerprint density at radius 2 is 1.64 bits per heavy atom. The molecule has 28 heavy (non-hydrogen) atoms. The van der Waals surface area contributed by atoms with Crippen LogP contribution in [0, 0.1) is 5.82 Å². The number of benzene rings is 2. The van der Waals surface area contributed by atoms with Gasteiger partial charge >= 0.3 is 0 Å². The molecule has 0 spiro atoms. The maximum Gasteiger partial charge on any atom is 0.233 e. The van der Waals surface area contributed by atoms with E-state index in [1.165, 1.54) is 12.1 Å². The molecule has 0 aromatic heterocycles. The number of anilines is 1. The van der Waals surface area contributed by atoms with Crippen LogP contribution in [0.5, 0.6) is 0 Å². The fourth-order valence-corrected chi connectivity index (χ4v) is 3.09. The van der Waals surface area contributed by atoms with Gasteiger partial charge in [-0.05, 0) is 17.7 Å². The molecule has 5 nitrogen and oxygen atoms in total. The number of rotatable bonds is 6. The second-order valence-corrected chi connectivity index (χ2v) is 6.70. The van der Waals surface area contributed by atoms with Crippen molar-refractivity contribution in [3.8, 4) is 0 Å². The smallest absolute Gasteiger partial charge is 0.233 e. The molecule has 0 aliphatic carbocycles. The van der Waals surface area contributed by atoms with E-state index in [1.54, 1.807) is 17.0 Å². The molecule has 1 fully saturated rings. The van der Waals surface area contributed by atoms with Gasteiger partial charge in [-0.15, -0.1) is 0 Å². The van der Waals surface area contributed by atoms with E-state index >= 15 is 0 Å². The number of nitrogens with zero attached hydrogens (tertiary/aromatic N) is 2. The van der Waals surface area contributed by atoms with Crippen LogP contribution < -0.4 is 5.32 Å². The van der Waals surface area contributed by atoms with Crippen molar-refractivity contribution in [3.05, 3.63) is 72.1 Å². The molecule has 3 rings (SSSR count). The van der Waals surface area contributed by atoms with Crippen LogP contribution in [-0.2, 0) is 9.59 Å². The molecule has 0 saturated carbocycles. The van der Waals surface area contributed by atoms with Crippen molar-refractivity contribution in [1.29, 1.82) is 0 Å². The number of piperazine rings is 1. The third-order valence-corrected chi connectivity index (χ3v) is 4.66. The number of hydrogen-bond acceptors (Lipinski definition) is 3. The summed E-state index contributed by atoms with van der Waals surface area (Å²) in [6.45, 7) is 3.53. The first-order valence-electron chi connectivity index (χ1n) is 9.38. The first kappa shape index (κ1) is 19.8. The molecule has 1 heterocycles. The predicted molar refractivity (Wildman–Crippen MR) is 108 cm³/mol. The van der Waals surface area contributed by atoms with E-state index in [1.807, 2.05) is 18.2 Å². The second kappa shape index (κ2) is 9.80. The maximum absolute atomic E-state index is 13.6. The third-order valence-electron chi connectivity index (χ3n) is 4.66. The van der Waals surface area contributed by atoms with Crippen molar-refractivity contribution in [2.45, 2.75) is 6.42 Å². The molecule has 1 aliphatic rings. The van der Waals surface area contributed by atoms with Crippen LogP contribution in [0.4, 0.5) is 10.1 Å². The Labute approximate surface area is 164 Å². The van der Waals surface area contributed by atoms with Gasteiger partial charge in [0.25, 0.3) is 0 Å². The quantitative estimate of drug-likeness (QED) is 0.783. The fourth-order valence-electron chi connectivity index (χ4n) is 3.09. The Kier molecular flexibility index (Phi) is 6.92. The van der Waals surface area contributed by atoms with Crippen LogP contribution in [-0.4, -0.2) is 54.3 Å². The van der Waals surface area contributed by atoms with E-state index in [0.29, 0.717) is 13.1 Å². The maximum atomic E-state index is 13.6. The van der Waals surface area contributed by atoms with Gasteiger partial charge < -0.3 is 10.2 Å². The molecule has 1 saturated heterocycles. The van der Waals surface area contributed by atoms with Gasteiger partial charge in [-0.25, -0.2) is 4.39 Å². The minimum atomic E-state index is -0.513. The number of carbonyl (C=O) groups excluding carboxylic acids is 2. The Morgan fingerprint density at radius 3 is 2.36 bits per heavy atom. The SMILES string of the molecule is O=C(CC(=O)N1CCN(C/C=C/c2ccccc2)CC1)Nc1ccccc1F. The zero-order chi connectivity index (χ0) is 19.8. The van der Waals surface area contributed by atoms with Gasteiger partial charge in [0.2, 0.25) is 11.8 Å².